The van der Waals surface area contributed by atoms with Gasteiger partial charge in [-0.3, -0.25) is 19.9 Å². The van der Waals surface area contributed by atoms with Crippen molar-refractivity contribution in [2.45, 2.75) is 13.0 Å². The van der Waals surface area contributed by atoms with Crippen molar-refractivity contribution in [2.75, 3.05) is 5.32 Å². The monoisotopic (exact) mass is 347 g/mol. The molecule has 0 aliphatic carbocycles. The number of benzene rings is 2. The molecule has 3 aromatic rings. The summed E-state index contributed by atoms with van der Waals surface area (Å²) in [5.74, 6) is -0.252. The van der Waals surface area contributed by atoms with Crippen molar-refractivity contribution in [3.05, 3.63) is 99.9 Å². The van der Waals surface area contributed by atoms with Crippen LogP contribution in [0.4, 0.5) is 11.4 Å². The molecule has 0 radical (unpaired) electrons. The third kappa shape index (κ3) is 3.75. The van der Waals surface area contributed by atoms with Crippen LogP contribution in [0.2, 0.25) is 0 Å². The second-order valence-corrected chi connectivity index (χ2v) is 5.80. The third-order valence-electron chi connectivity index (χ3n) is 4.00. The number of rotatable bonds is 6. The average molecular weight is 347 g/mol. The van der Waals surface area contributed by atoms with E-state index in [4.69, 9.17) is 0 Å². The lowest BCUT2D eigenvalue weighted by Gasteiger charge is -2.15. The van der Waals surface area contributed by atoms with Crippen molar-refractivity contribution < 1.29 is 9.72 Å². The van der Waals surface area contributed by atoms with E-state index in [0.29, 0.717) is 11.3 Å². The van der Waals surface area contributed by atoms with Gasteiger partial charge in [0.1, 0.15) is 5.69 Å². The third-order valence-corrected chi connectivity index (χ3v) is 4.00. The number of hydrogen-bond donors (Lipinski definition) is 1. The minimum Gasteiger partial charge on any atom is -0.371 e. The van der Waals surface area contributed by atoms with Gasteiger partial charge >= 0.3 is 0 Å². The number of carbonyl (C=O) groups excluding carboxylic acids is 1. The van der Waals surface area contributed by atoms with Crippen LogP contribution in [0, 0.1) is 10.1 Å². The molecule has 0 amide bonds. The minimum atomic E-state index is -0.491. The van der Waals surface area contributed by atoms with E-state index in [1.54, 1.807) is 42.6 Å². The van der Waals surface area contributed by atoms with Crippen LogP contribution in [0.3, 0.4) is 0 Å². The predicted molar refractivity (Wildman–Crippen MR) is 99.2 cm³/mol. The zero-order chi connectivity index (χ0) is 18.5. The average Bonchev–Trinajstić information content (AvgIpc) is 2.69. The standard InChI is InChI=1S/C20H17N3O3/c1-14(17-9-5-6-12-21-17)22-18-11-10-16(13-19(18)23(25)26)20(24)15-7-3-2-4-8-15/h2-14,22H,1H3/t14-/m0/s1. The molecule has 0 saturated heterocycles. The summed E-state index contributed by atoms with van der Waals surface area (Å²) in [5.41, 5.74) is 1.74. The second kappa shape index (κ2) is 7.57. The van der Waals surface area contributed by atoms with Gasteiger partial charge in [0.25, 0.3) is 5.69 Å². The van der Waals surface area contributed by atoms with Crippen LogP contribution in [-0.2, 0) is 0 Å². The number of pyridine rings is 1. The molecule has 0 aliphatic heterocycles. The molecule has 1 atom stereocenters. The smallest absolute Gasteiger partial charge is 0.293 e. The number of nitrogens with one attached hydrogen (secondary N) is 1. The highest BCUT2D eigenvalue weighted by atomic mass is 16.6. The first kappa shape index (κ1) is 17.3. The van der Waals surface area contributed by atoms with Crippen LogP contribution in [0.1, 0.15) is 34.6 Å². The van der Waals surface area contributed by atoms with Crippen molar-refractivity contribution in [1.29, 1.82) is 0 Å². The van der Waals surface area contributed by atoms with E-state index in [1.807, 2.05) is 31.2 Å². The first-order valence-corrected chi connectivity index (χ1v) is 8.12. The fourth-order valence-corrected chi connectivity index (χ4v) is 2.64. The Morgan fingerprint density at radius 3 is 2.42 bits per heavy atom. The lowest BCUT2D eigenvalue weighted by Crippen LogP contribution is -2.10. The molecule has 0 fully saturated rings. The van der Waals surface area contributed by atoms with Crippen molar-refractivity contribution in [2.24, 2.45) is 0 Å². The molecule has 0 spiro atoms. The molecule has 0 aliphatic rings. The van der Waals surface area contributed by atoms with Gasteiger partial charge in [0, 0.05) is 23.4 Å². The molecule has 1 aromatic heterocycles. The van der Waals surface area contributed by atoms with Gasteiger partial charge in [-0.2, -0.15) is 0 Å². The highest BCUT2D eigenvalue weighted by Crippen LogP contribution is 2.29. The lowest BCUT2D eigenvalue weighted by molar-refractivity contribution is -0.384. The summed E-state index contributed by atoms with van der Waals surface area (Å²) >= 11 is 0. The van der Waals surface area contributed by atoms with E-state index in [1.165, 1.54) is 6.07 Å². The van der Waals surface area contributed by atoms with E-state index in [0.717, 1.165) is 5.69 Å². The quantitative estimate of drug-likeness (QED) is 0.406. The normalized spacial score (nSPS) is 11.6. The Morgan fingerprint density at radius 2 is 1.77 bits per heavy atom. The van der Waals surface area contributed by atoms with Crippen molar-refractivity contribution in [3.8, 4) is 0 Å². The summed E-state index contributed by atoms with van der Waals surface area (Å²) in [6.45, 7) is 1.87. The molecule has 0 saturated carbocycles. The molecule has 0 bridgehead atoms. The van der Waals surface area contributed by atoms with Gasteiger partial charge in [-0.1, -0.05) is 36.4 Å². The van der Waals surface area contributed by atoms with Crippen LogP contribution < -0.4 is 5.32 Å². The first-order valence-electron chi connectivity index (χ1n) is 8.12. The predicted octanol–water partition coefficient (Wildman–Crippen LogP) is 4.39. The Bertz CT molecular complexity index is 928. The zero-order valence-corrected chi connectivity index (χ0v) is 14.1. The Labute approximate surface area is 150 Å². The van der Waals surface area contributed by atoms with E-state index >= 15 is 0 Å². The van der Waals surface area contributed by atoms with Crippen molar-refractivity contribution in [3.63, 3.8) is 0 Å². The highest BCUT2D eigenvalue weighted by molar-refractivity contribution is 6.09. The molecular formula is C20H17N3O3. The molecule has 130 valence electrons. The summed E-state index contributed by atoms with van der Waals surface area (Å²) in [7, 11) is 0. The minimum absolute atomic E-state index is 0.144. The number of aromatic nitrogens is 1. The maximum absolute atomic E-state index is 12.5. The van der Waals surface area contributed by atoms with E-state index in [-0.39, 0.29) is 23.1 Å². The van der Waals surface area contributed by atoms with Crippen LogP contribution in [0.25, 0.3) is 0 Å². The van der Waals surface area contributed by atoms with Gasteiger partial charge in [0.15, 0.2) is 5.78 Å². The van der Waals surface area contributed by atoms with E-state index in [2.05, 4.69) is 10.3 Å². The topological polar surface area (TPSA) is 85.1 Å². The molecule has 26 heavy (non-hydrogen) atoms. The van der Waals surface area contributed by atoms with E-state index < -0.39 is 4.92 Å². The SMILES string of the molecule is C[C@H](Nc1ccc(C(=O)c2ccccc2)cc1[N+](=O)[O-])c1ccccn1. The molecule has 3 rings (SSSR count). The number of nitro benzene ring substituents is 1. The van der Waals surface area contributed by atoms with Gasteiger partial charge in [0.05, 0.1) is 16.7 Å². The van der Waals surface area contributed by atoms with Crippen molar-refractivity contribution in [1.82, 2.24) is 4.98 Å². The Kier molecular flexibility index (Phi) is 5.03. The Hall–Kier alpha value is -3.54. The zero-order valence-electron chi connectivity index (χ0n) is 14.1. The van der Waals surface area contributed by atoms with Crippen molar-refractivity contribution >= 4 is 17.2 Å². The van der Waals surface area contributed by atoms with Crippen LogP contribution in [0.5, 0.6) is 0 Å². The summed E-state index contributed by atoms with van der Waals surface area (Å²) < 4.78 is 0. The van der Waals surface area contributed by atoms with Gasteiger partial charge in [-0.15, -0.1) is 0 Å². The number of carbonyl (C=O) groups is 1. The number of anilines is 1. The van der Waals surface area contributed by atoms with Gasteiger partial charge in [-0.05, 0) is 31.2 Å². The molecule has 1 N–H and O–H groups in total. The molecular weight excluding hydrogens is 330 g/mol. The molecule has 2 aromatic carbocycles. The Morgan fingerprint density at radius 1 is 1.04 bits per heavy atom. The number of nitrogens with zero attached hydrogens (tertiary/aromatic N) is 2. The lowest BCUT2D eigenvalue weighted by atomic mass is 10.0. The van der Waals surface area contributed by atoms with Gasteiger partial charge in [0.2, 0.25) is 0 Å². The first-order chi connectivity index (χ1) is 12.6. The molecule has 6 nitrogen and oxygen atoms in total. The molecule has 6 heteroatoms. The number of nitro groups is 1. The van der Waals surface area contributed by atoms with Crippen LogP contribution in [0.15, 0.2) is 72.9 Å². The number of hydrogen-bond acceptors (Lipinski definition) is 5. The van der Waals surface area contributed by atoms with Gasteiger partial charge < -0.3 is 5.32 Å². The number of ketones is 1. The summed E-state index contributed by atoms with van der Waals surface area (Å²) in [5, 5.41) is 14.6. The maximum atomic E-state index is 12.5. The summed E-state index contributed by atoms with van der Waals surface area (Å²) in [6, 6.07) is 18.4. The van der Waals surface area contributed by atoms with E-state index in [9.17, 15) is 14.9 Å². The molecule has 1 heterocycles. The maximum Gasteiger partial charge on any atom is 0.293 e. The summed E-state index contributed by atoms with van der Waals surface area (Å²) in [4.78, 5) is 27.8. The van der Waals surface area contributed by atoms with Gasteiger partial charge in [-0.25, -0.2) is 0 Å². The van der Waals surface area contributed by atoms with Crippen LogP contribution >= 0.6 is 0 Å². The second-order valence-electron chi connectivity index (χ2n) is 5.80. The highest BCUT2D eigenvalue weighted by Gasteiger charge is 2.20. The van der Waals surface area contributed by atoms with Crippen LogP contribution in [-0.4, -0.2) is 15.7 Å². The largest absolute Gasteiger partial charge is 0.371 e. The summed E-state index contributed by atoms with van der Waals surface area (Å²) in [6.07, 6.45) is 1.67. The Balaban J connectivity index is 1.90. The molecule has 0 unspecified atom stereocenters. The fourth-order valence-electron chi connectivity index (χ4n) is 2.64. The fraction of sp³-hybridized carbons (Fsp3) is 0.100.